The average molecular weight is 215 g/mol. The number of fused-ring (bicyclic) bond motifs is 3. The number of anilines is 1. The first-order chi connectivity index (χ1) is 7.66. The summed E-state index contributed by atoms with van der Waals surface area (Å²) in [6.07, 6.45) is 6.77. The highest BCUT2D eigenvalue weighted by molar-refractivity contribution is 5.64. The topological polar surface area (TPSA) is 12.0 Å². The van der Waals surface area contributed by atoms with Crippen LogP contribution in [0.4, 0.5) is 5.69 Å². The van der Waals surface area contributed by atoms with Crippen molar-refractivity contribution >= 4 is 5.69 Å². The Balaban J connectivity index is 2.14. The van der Waals surface area contributed by atoms with Crippen molar-refractivity contribution in [2.75, 3.05) is 5.32 Å². The van der Waals surface area contributed by atoms with Crippen LogP contribution >= 0.6 is 0 Å². The molecular weight excluding hydrogens is 194 g/mol. The molecule has 1 N–H and O–H groups in total. The standard InChI is InChI=1S/C15H21N/c1-14-10-6-3-7-11-15(14,2)16-13-9-5-4-8-12(13)14/h4-5,8-9,16H,3,6-7,10-11H2,1-2H3. The third-order valence-corrected chi connectivity index (χ3v) is 5.00. The fraction of sp³-hybridized carbons (Fsp3) is 0.600. The van der Waals surface area contributed by atoms with Gasteiger partial charge in [0.15, 0.2) is 0 Å². The predicted octanol–water partition coefficient (Wildman–Crippen LogP) is 4.09. The first-order valence-corrected chi connectivity index (χ1v) is 6.53. The highest BCUT2D eigenvalue weighted by atomic mass is 15.0. The fourth-order valence-electron chi connectivity index (χ4n) is 3.69. The SMILES string of the molecule is CC12CCCCCC1(C)c1ccccc1N2. The largest absolute Gasteiger partial charge is 0.379 e. The number of hydrogen-bond donors (Lipinski definition) is 1. The van der Waals surface area contributed by atoms with Crippen molar-refractivity contribution in [3.8, 4) is 0 Å². The van der Waals surface area contributed by atoms with Gasteiger partial charge in [0, 0.05) is 16.6 Å². The van der Waals surface area contributed by atoms with Crippen molar-refractivity contribution < 1.29 is 0 Å². The van der Waals surface area contributed by atoms with E-state index in [0.29, 0.717) is 5.41 Å². The maximum Gasteiger partial charge on any atom is 0.0440 e. The molecule has 1 fully saturated rings. The quantitative estimate of drug-likeness (QED) is 0.687. The van der Waals surface area contributed by atoms with Crippen molar-refractivity contribution in [2.24, 2.45) is 0 Å². The second-order valence-electron chi connectivity index (χ2n) is 5.90. The van der Waals surface area contributed by atoms with Gasteiger partial charge in [-0.1, -0.05) is 44.4 Å². The molecule has 0 radical (unpaired) electrons. The Morgan fingerprint density at radius 3 is 2.62 bits per heavy atom. The van der Waals surface area contributed by atoms with E-state index in [1.165, 1.54) is 37.8 Å². The molecule has 1 saturated carbocycles. The number of benzene rings is 1. The normalized spacial score (nSPS) is 37.1. The summed E-state index contributed by atoms with van der Waals surface area (Å²) in [4.78, 5) is 0. The van der Waals surface area contributed by atoms with E-state index in [4.69, 9.17) is 0 Å². The van der Waals surface area contributed by atoms with Gasteiger partial charge in [-0.15, -0.1) is 0 Å². The number of nitrogens with one attached hydrogen (secondary N) is 1. The third-order valence-electron chi connectivity index (χ3n) is 5.00. The van der Waals surface area contributed by atoms with Gasteiger partial charge in [-0.05, 0) is 31.4 Å². The van der Waals surface area contributed by atoms with Crippen LogP contribution in [0.3, 0.4) is 0 Å². The van der Waals surface area contributed by atoms with Crippen LogP contribution in [0.1, 0.15) is 51.5 Å². The summed E-state index contributed by atoms with van der Waals surface area (Å²) in [6.45, 7) is 4.87. The molecule has 1 nitrogen and oxygen atoms in total. The molecule has 2 atom stereocenters. The second-order valence-corrected chi connectivity index (χ2v) is 5.90. The predicted molar refractivity (Wildman–Crippen MR) is 68.9 cm³/mol. The Labute approximate surface area is 98.3 Å². The lowest BCUT2D eigenvalue weighted by Crippen LogP contribution is -2.47. The molecule has 86 valence electrons. The molecule has 0 bridgehead atoms. The molecule has 1 heterocycles. The van der Waals surface area contributed by atoms with Crippen LogP contribution in [0.5, 0.6) is 0 Å². The van der Waals surface area contributed by atoms with E-state index in [0.717, 1.165) is 0 Å². The smallest absolute Gasteiger partial charge is 0.0440 e. The Bertz CT molecular complexity index is 412. The van der Waals surface area contributed by atoms with E-state index >= 15 is 0 Å². The monoisotopic (exact) mass is 215 g/mol. The van der Waals surface area contributed by atoms with E-state index in [-0.39, 0.29) is 5.54 Å². The molecule has 0 aromatic heterocycles. The second kappa shape index (κ2) is 3.26. The molecule has 0 amide bonds. The lowest BCUT2D eigenvalue weighted by Gasteiger charge is -2.40. The highest BCUT2D eigenvalue weighted by Crippen LogP contribution is 2.53. The minimum Gasteiger partial charge on any atom is -0.379 e. The zero-order valence-corrected chi connectivity index (χ0v) is 10.3. The van der Waals surface area contributed by atoms with Crippen LogP contribution in [-0.2, 0) is 5.41 Å². The number of hydrogen-bond acceptors (Lipinski definition) is 1. The summed E-state index contributed by atoms with van der Waals surface area (Å²) < 4.78 is 0. The van der Waals surface area contributed by atoms with E-state index in [1.54, 1.807) is 5.56 Å². The van der Waals surface area contributed by atoms with Gasteiger partial charge in [0.25, 0.3) is 0 Å². The van der Waals surface area contributed by atoms with Gasteiger partial charge in [0.1, 0.15) is 0 Å². The van der Waals surface area contributed by atoms with Gasteiger partial charge < -0.3 is 5.32 Å². The molecule has 2 unspecified atom stereocenters. The molecule has 0 saturated heterocycles. The molecule has 3 rings (SSSR count). The van der Waals surface area contributed by atoms with E-state index in [1.807, 2.05) is 0 Å². The molecule has 0 spiro atoms. The fourth-order valence-corrected chi connectivity index (χ4v) is 3.69. The molecule has 2 aliphatic rings. The van der Waals surface area contributed by atoms with Crippen molar-refractivity contribution in [1.29, 1.82) is 0 Å². The van der Waals surface area contributed by atoms with Crippen LogP contribution in [0.2, 0.25) is 0 Å². The van der Waals surface area contributed by atoms with Crippen LogP contribution in [0.25, 0.3) is 0 Å². The van der Waals surface area contributed by atoms with Crippen LogP contribution in [-0.4, -0.2) is 5.54 Å². The van der Waals surface area contributed by atoms with Gasteiger partial charge in [-0.2, -0.15) is 0 Å². The minimum absolute atomic E-state index is 0.271. The van der Waals surface area contributed by atoms with Gasteiger partial charge in [0.2, 0.25) is 0 Å². The lowest BCUT2D eigenvalue weighted by atomic mass is 9.67. The molecule has 1 heteroatoms. The maximum atomic E-state index is 3.79. The maximum absolute atomic E-state index is 3.79. The average Bonchev–Trinajstić information content (AvgIpc) is 2.39. The van der Waals surface area contributed by atoms with E-state index in [2.05, 4.69) is 43.4 Å². The van der Waals surface area contributed by atoms with E-state index < -0.39 is 0 Å². The van der Waals surface area contributed by atoms with Gasteiger partial charge in [0.05, 0.1) is 0 Å². The summed E-state index contributed by atoms with van der Waals surface area (Å²) in [5.74, 6) is 0. The first kappa shape index (κ1) is 10.2. The van der Waals surface area contributed by atoms with Gasteiger partial charge in [-0.3, -0.25) is 0 Å². The van der Waals surface area contributed by atoms with Crippen LogP contribution in [0, 0.1) is 0 Å². The van der Waals surface area contributed by atoms with Gasteiger partial charge >= 0.3 is 0 Å². The minimum atomic E-state index is 0.271. The van der Waals surface area contributed by atoms with Crippen molar-refractivity contribution in [3.05, 3.63) is 29.8 Å². The van der Waals surface area contributed by atoms with Crippen LogP contribution < -0.4 is 5.32 Å². The zero-order chi connectivity index (χ0) is 11.2. The van der Waals surface area contributed by atoms with Gasteiger partial charge in [-0.25, -0.2) is 0 Å². The summed E-state index contributed by atoms with van der Waals surface area (Å²) in [5.41, 5.74) is 3.52. The Morgan fingerprint density at radius 2 is 1.75 bits per heavy atom. The van der Waals surface area contributed by atoms with E-state index in [9.17, 15) is 0 Å². The van der Waals surface area contributed by atoms with Crippen LogP contribution in [0.15, 0.2) is 24.3 Å². The van der Waals surface area contributed by atoms with Crippen molar-refractivity contribution in [2.45, 2.75) is 56.9 Å². The zero-order valence-electron chi connectivity index (χ0n) is 10.3. The summed E-state index contributed by atoms with van der Waals surface area (Å²) in [6, 6.07) is 8.88. The first-order valence-electron chi connectivity index (χ1n) is 6.53. The van der Waals surface area contributed by atoms with Crippen molar-refractivity contribution in [3.63, 3.8) is 0 Å². The highest BCUT2D eigenvalue weighted by Gasteiger charge is 2.51. The Kier molecular flexibility index (Phi) is 2.07. The number of para-hydroxylation sites is 1. The molecule has 1 aromatic rings. The molecule has 1 aliphatic heterocycles. The molecule has 16 heavy (non-hydrogen) atoms. The molecule has 1 aromatic carbocycles. The summed E-state index contributed by atoms with van der Waals surface area (Å²) in [7, 11) is 0. The lowest BCUT2D eigenvalue weighted by molar-refractivity contribution is 0.285. The summed E-state index contributed by atoms with van der Waals surface area (Å²) in [5, 5.41) is 3.79. The third kappa shape index (κ3) is 1.17. The Morgan fingerprint density at radius 1 is 1.00 bits per heavy atom. The summed E-state index contributed by atoms with van der Waals surface area (Å²) >= 11 is 0. The molecular formula is C15H21N. The van der Waals surface area contributed by atoms with Crippen molar-refractivity contribution in [1.82, 2.24) is 0 Å². The Hall–Kier alpha value is -0.980. The number of rotatable bonds is 0. The molecule has 1 aliphatic carbocycles.